The fraction of sp³-hybridized carbons (Fsp3) is 0.650. The van der Waals surface area contributed by atoms with Gasteiger partial charge in [0.25, 0.3) is 0 Å². The number of hydrogen-bond donors (Lipinski definition) is 0. The molecule has 0 aromatic heterocycles. The van der Waals surface area contributed by atoms with Crippen molar-refractivity contribution in [3.8, 4) is 11.5 Å². The number of hydrogen-bond acceptors (Lipinski definition) is 6. The fourth-order valence-corrected chi connectivity index (χ4v) is 5.83. The van der Waals surface area contributed by atoms with Crippen molar-refractivity contribution in [2.75, 3.05) is 7.11 Å². The van der Waals surface area contributed by atoms with E-state index in [4.69, 9.17) is 23.5 Å². The van der Waals surface area contributed by atoms with Crippen LogP contribution < -0.4 is 14.9 Å². The van der Waals surface area contributed by atoms with Crippen LogP contribution in [0.3, 0.4) is 0 Å². The second-order valence-corrected chi connectivity index (χ2v) is 9.28. The van der Waals surface area contributed by atoms with Crippen LogP contribution in [-0.2, 0) is 14.0 Å². The van der Waals surface area contributed by atoms with Crippen molar-refractivity contribution in [1.29, 1.82) is 0 Å². The van der Waals surface area contributed by atoms with Gasteiger partial charge in [-0.1, -0.05) is 19.9 Å². The second-order valence-electron chi connectivity index (χ2n) is 9.28. The lowest BCUT2D eigenvalue weighted by Crippen LogP contribution is -2.80. The fourth-order valence-electron chi connectivity index (χ4n) is 5.83. The Morgan fingerprint density at radius 3 is 2.52 bits per heavy atom. The largest absolute Gasteiger partial charge is 0.498 e. The average Bonchev–Trinajstić information content (AvgIpc) is 2.84. The summed E-state index contributed by atoms with van der Waals surface area (Å²) < 4.78 is 29.8. The molecule has 144 valence electrons. The van der Waals surface area contributed by atoms with Crippen LogP contribution in [0, 0.1) is 11.3 Å². The Morgan fingerprint density at radius 1 is 1.15 bits per heavy atom. The van der Waals surface area contributed by atoms with Crippen molar-refractivity contribution in [1.82, 2.24) is 0 Å². The molecule has 5 rings (SSSR count). The standard InChI is InChI=1S/C20H25BO6/c1-11-9-20-18(11,4)10-19(20,5)26-21(27-20)12-7-8-13(23-6)14-15(12)24-17(2,3)25-16(14)22/h7-8,11H,9-10H2,1-6H3/t11?,18?,19-,20?/m0/s1. The lowest BCUT2D eigenvalue weighted by molar-refractivity contribution is -0.319. The van der Waals surface area contributed by atoms with Crippen LogP contribution in [0.4, 0.5) is 0 Å². The average molecular weight is 372 g/mol. The van der Waals surface area contributed by atoms with E-state index in [2.05, 4.69) is 20.8 Å². The van der Waals surface area contributed by atoms with Gasteiger partial charge >= 0.3 is 13.1 Å². The van der Waals surface area contributed by atoms with Crippen LogP contribution >= 0.6 is 0 Å². The molecule has 0 bridgehead atoms. The molecule has 7 heteroatoms. The molecule has 1 saturated heterocycles. The summed E-state index contributed by atoms with van der Waals surface area (Å²) in [5.41, 5.74) is 0.565. The number of methoxy groups -OCH3 is 1. The van der Waals surface area contributed by atoms with Crippen LogP contribution in [0.25, 0.3) is 0 Å². The van der Waals surface area contributed by atoms with Gasteiger partial charge in [0.15, 0.2) is 0 Å². The Bertz CT molecular complexity index is 868. The van der Waals surface area contributed by atoms with Gasteiger partial charge in [-0.25, -0.2) is 4.79 Å². The Labute approximate surface area is 159 Å². The molecule has 0 radical (unpaired) electrons. The molecule has 27 heavy (non-hydrogen) atoms. The quantitative estimate of drug-likeness (QED) is 0.588. The third kappa shape index (κ3) is 1.87. The van der Waals surface area contributed by atoms with Crippen molar-refractivity contribution < 1.29 is 28.3 Å². The van der Waals surface area contributed by atoms with Crippen molar-refractivity contribution in [2.45, 2.75) is 64.4 Å². The number of rotatable bonds is 2. The minimum absolute atomic E-state index is 0.141. The maximum absolute atomic E-state index is 12.6. The Kier molecular flexibility index (Phi) is 3.10. The highest BCUT2D eigenvalue weighted by Gasteiger charge is 2.83. The number of fused-ring (bicyclic) bond motifs is 1. The van der Waals surface area contributed by atoms with E-state index >= 15 is 0 Å². The number of carbonyl (C=O) groups is 1. The molecule has 2 heterocycles. The van der Waals surface area contributed by atoms with Crippen molar-refractivity contribution >= 4 is 18.6 Å². The monoisotopic (exact) mass is 372 g/mol. The first-order valence-electron chi connectivity index (χ1n) is 9.55. The van der Waals surface area contributed by atoms with Gasteiger partial charge in [-0.3, -0.25) is 0 Å². The molecular weight excluding hydrogens is 347 g/mol. The summed E-state index contributed by atoms with van der Waals surface area (Å²) in [5.74, 6) is -0.0715. The Morgan fingerprint density at radius 2 is 1.89 bits per heavy atom. The molecule has 1 spiro atoms. The van der Waals surface area contributed by atoms with E-state index in [-0.39, 0.29) is 22.2 Å². The van der Waals surface area contributed by atoms with Crippen LogP contribution in [0.1, 0.15) is 57.8 Å². The highest BCUT2D eigenvalue weighted by molar-refractivity contribution is 6.63. The van der Waals surface area contributed by atoms with Gasteiger partial charge in [-0.15, -0.1) is 0 Å². The molecule has 6 nitrogen and oxygen atoms in total. The number of cyclic esters (lactones) is 1. The zero-order chi connectivity index (χ0) is 19.4. The van der Waals surface area contributed by atoms with E-state index in [1.165, 1.54) is 7.11 Å². The van der Waals surface area contributed by atoms with E-state index in [0.717, 1.165) is 12.8 Å². The third-order valence-electron chi connectivity index (χ3n) is 7.35. The summed E-state index contributed by atoms with van der Waals surface area (Å²) in [7, 11) is 0.942. The maximum atomic E-state index is 12.6. The molecule has 2 saturated carbocycles. The first kappa shape index (κ1) is 17.4. The first-order chi connectivity index (χ1) is 12.6. The third-order valence-corrected chi connectivity index (χ3v) is 7.35. The van der Waals surface area contributed by atoms with Crippen molar-refractivity contribution in [2.24, 2.45) is 11.3 Å². The van der Waals surface area contributed by atoms with E-state index in [1.807, 2.05) is 6.07 Å². The molecule has 4 atom stereocenters. The molecule has 1 aromatic rings. The van der Waals surface area contributed by atoms with E-state index in [0.29, 0.717) is 22.9 Å². The SMILES string of the molecule is COc1ccc(B2OC34CC(C)C3(C)C[C@]4(C)O2)c2c1C(=O)OC(C)(C)O2. The van der Waals surface area contributed by atoms with Gasteiger partial charge < -0.3 is 23.5 Å². The summed E-state index contributed by atoms with van der Waals surface area (Å²) in [6, 6.07) is 3.61. The zero-order valence-corrected chi connectivity index (χ0v) is 16.7. The smallest absolute Gasteiger partial charge is 0.496 e. The van der Waals surface area contributed by atoms with Gasteiger partial charge in [0.05, 0.1) is 18.3 Å². The molecule has 3 unspecified atom stereocenters. The van der Waals surface area contributed by atoms with Crippen LogP contribution in [0.2, 0.25) is 0 Å². The number of benzene rings is 1. The molecule has 0 N–H and O–H groups in total. The lowest BCUT2D eigenvalue weighted by Gasteiger charge is -2.75. The Balaban J connectivity index is 1.58. The first-order valence-corrected chi connectivity index (χ1v) is 9.55. The zero-order valence-electron chi connectivity index (χ0n) is 16.7. The topological polar surface area (TPSA) is 63.2 Å². The van der Waals surface area contributed by atoms with Gasteiger partial charge in [-0.05, 0) is 31.7 Å². The van der Waals surface area contributed by atoms with Gasteiger partial charge in [-0.2, -0.15) is 0 Å². The lowest BCUT2D eigenvalue weighted by atomic mass is 9.34. The van der Waals surface area contributed by atoms with Gasteiger partial charge in [0, 0.05) is 24.7 Å². The molecule has 0 amide bonds. The minimum Gasteiger partial charge on any atom is -0.496 e. The highest BCUT2D eigenvalue weighted by Crippen LogP contribution is 2.76. The summed E-state index contributed by atoms with van der Waals surface area (Å²) in [6.07, 6.45) is 1.97. The molecule has 2 aliphatic heterocycles. The summed E-state index contributed by atoms with van der Waals surface area (Å²) in [6.45, 7) is 10.1. The summed E-state index contributed by atoms with van der Waals surface area (Å²) in [5, 5.41) is 0. The summed E-state index contributed by atoms with van der Waals surface area (Å²) in [4.78, 5) is 12.6. The Hall–Kier alpha value is -1.73. The number of carbonyl (C=O) groups excluding carboxylic acids is 1. The molecule has 4 aliphatic rings. The van der Waals surface area contributed by atoms with E-state index < -0.39 is 18.9 Å². The molecular formula is C20H25BO6. The highest BCUT2D eigenvalue weighted by atomic mass is 16.7. The van der Waals surface area contributed by atoms with Crippen LogP contribution in [-0.4, -0.2) is 37.2 Å². The van der Waals surface area contributed by atoms with E-state index in [1.54, 1.807) is 19.9 Å². The molecule has 3 fully saturated rings. The van der Waals surface area contributed by atoms with Crippen molar-refractivity contribution in [3.05, 3.63) is 17.7 Å². The number of ether oxygens (including phenoxy) is 3. The normalized spacial score (nSPS) is 40.6. The van der Waals surface area contributed by atoms with E-state index in [9.17, 15) is 4.79 Å². The predicted octanol–water partition coefficient (Wildman–Crippen LogP) is 2.67. The summed E-state index contributed by atoms with van der Waals surface area (Å²) >= 11 is 0. The van der Waals surface area contributed by atoms with Gasteiger partial charge in [0.2, 0.25) is 5.79 Å². The minimum atomic E-state index is -1.07. The second kappa shape index (κ2) is 4.81. The number of esters is 1. The van der Waals surface area contributed by atoms with Gasteiger partial charge in [0.1, 0.15) is 17.1 Å². The van der Waals surface area contributed by atoms with Crippen molar-refractivity contribution in [3.63, 3.8) is 0 Å². The molecule has 1 aromatic carbocycles. The maximum Gasteiger partial charge on any atom is 0.498 e. The van der Waals surface area contributed by atoms with Crippen LogP contribution in [0.5, 0.6) is 11.5 Å². The molecule has 2 aliphatic carbocycles. The van der Waals surface area contributed by atoms with Crippen LogP contribution in [0.15, 0.2) is 12.1 Å². The predicted molar refractivity (Wildman–Crippen MR) is 98.3 cm³/mol.